The van der Waals surface area contributed by atoms with Crippen molar-refractivity contribution in [1.82, 2.24) is 0 Å². The van der Waals surface area contributed by atoms with Crippen LogP contribution in [0, 0.1) is 0 Å². The number of halogens is 1. The molecule has 22 heavy (non-hydrogen) atoms. The van der Waals surface area contributed by atoms with Crippen molar-refractivity contribution < 1.29 is 14.2 Å². The summed E-state index contributed by atoms with van der Waals surface area (Å²) in [6.07, 6.45) is 0. The van der Waals surface area contributed by atoms with Gasteiger partial charge in [-0.15, -0.1) is 0 Å². The van der Waals surface area contributed by atoms with Gasteiger partial charge in [0.05, 0.1) is 25.8 Å². The molecule has 4 nitrogen and oxygen atoms in total. The lowest BCUT2D eigenvalue weighted by atomic mass is 10.2. The molecular formula is C17H20ClNO3. The standard InChI is InChI=1S/C17H20ClNO3/c1-4-22-16-10-12(9-15(18)17(16)21-3)11-19-13-5-7-14(20-2)8-6-13/h5-10,19H,4,11H2,1-3H3. The van der Waals surface area contributed by atoms with Crippen LogP contribution >= 0.6 is 11.6 Å². The van der Waals surface area contributed by atoms with E-state index in [0.29, 0.717) is 29.7 Å². The Balaban J connectivity index is 2.11. The number of anilines is 1. The lowest BCUT2D eigenvalue weighted by molar-refractivity contribution is 0.310. The van der Waals surface area contributed by atoms with Gasteiger partial charge in [0.25, 0.3) is 0 Å². The molecule has 0 aliphatic heterocycles. The van der Waals surface area contributed by atoms with Crippen LogP contribution in [0.2, 0.25) is 5.02 Å². The summed E-state index contributed by atoms with van der Waals surface area (Å²) in [5.41, 5.74) is 2.02. The third-order valence-electron chi connectivity index (χ3n) is 3.16. The smallest absolute Gasteiger partial charge is 0.179 e. The van der Waals surface area contributed by atoms with E-state index in [1.54, 1.807) is 14.2 Å². The van der Waals surface area contributed by atoms with Gasteiger partial charge in [0.1, 0.15) is 5.75 Å². The van der Waals surface area contributed by atoms with Gasteiger partial charge in [-0.1, -0.05) is 11.6 Å². The Kier molecular flexibility index (Phi) is 5.78. The number of hydrogen-bond donors (Lipinski definition) is 1. The highest BCUT2D eigenvalue weighted by Crippen LogP contribution is 2.36. The summed E-state index contributed by atoms with van der Waals surface area (Å²) in [6, 6.07) is 11.6. The van der Waals surface area contributed by atoms with Gasteiger partial charge in [-0.3, -0.25) is 0 Å². The van der Waals surface area contributed by atoms with Crippen molar-refractivity contribution >= 4 is 17.3 Å². The molecule has 0 amide bonds. The Hall–Kier alpha value is -2.07. The van der Waals surface area contributed by atoms with Gasteiger partial charge in [0.2, 0.25) is 0 Å². The molecular weight excluding hydrogens is 302 g/mol. The van der Waals surface area contributed by atoms with E-state index in [1.807, 2.05) is 43.3 Å². The molecule has 5 heteroatoms. The first-order chi connectivity index (χ1) is 10.7. The Morgan fingerprint density at radius 1 is 1.05 bits per heavy atom. The van der Waals surface area contributed by atoms with Crippen LogP contribution in [0.5, 0.6) is 17.2 Å². The van der Waals surface area contributed by atoms with E-state index in [2.05, 4.69) is 5.32 Å². The quantitative estimate of drug-likeness (QED) is 0.822. The monoisotopic (exact) mass is 321 g/mol. The molecule has 0 saturated heterocycles. The summed E-state index contributed by atoms with van der Waals surface area (Å²) in [6.45, 7) is 3.12. The number of ether oxygens (including phenoxy) is 3. The third kappa shape index (κ3) is 3.98. The van der Waals surface area contributed by atoms with Crippen molar-refractivity contribution in [3.05, 3.63) is 47.0 Å². The number of benzene rings is 2. The van der Waals surface area contributed by atoms with Crippen molar-refractivity contribution in [3.8, 4) is 17.2 Å². The lowest BCUT2D eigenvalue weighted by Crippen LogP contribution is -2.02. The minimum atomic E-state index is 0.542. The number of methoxy groups -OCH3 is 2. The van der Waals surface area contributed by atoms with Crippen molar-refractivity contribution in [2.75, 3.05) is 26.1 Å². The molecule has 0 unspecified atom stereocenters. The minimum Gasteiger partial charge on any atom is -0.497 e. The molecule has 1 N–H and O–H groups in total. The summed E-state index contributed by atoms with van der Waals surface area (Å²) < 4.78 is 16.0. The molecule has 0 spiro atoms. The van der Waals surface area contributed by atoms with Gasteiger partial charge >= 0.3 is 0 Å². The van der Waals surface area contributed by atoms with Crippen LogP contribution in [-0.4, -0.2) is 20.8 Å². The average Bonchev–Trinajstić information content (AvgIpc) is 2.53. The van der Waals surface area contributed by atoms with Gasteiger partial charge in [0.15, 0.2) is 11.5 Å². The fourth-order valence-corrected chi connectivity index (χ4v) is 2.41. The van der Waals surface area contributed by atoms with Crippen LogP contribution in [0.3, 0.4) is 0 Å². The predicted octanol–water partition coefficient (Wildman–Crippen LogP) is 4.37. The second kappa shape index (κ2) is 7.80. The average molecular weight is 322 g/mol. The molecule has 0 aliphatic rings. The van der Waals surface area contributed by atoms with E-state index in [1.165, 1.54) is 0 Å². The number of hydrogen-bond acceptors (Lipinski definition) is 4. The second-order valence-corrected chi connectivity index (χ2v) is 5.03. The zero-order valence-electron chi connectivity index (χ0n) is 13.0. The van der Waals surface area contributed by atoms with Crippen LogP contribution < -0.4 is 19.5 Å². The summed E-state index contributed by atoms with van der Waals surface area (Å²) >= 11 is 6.24. The first-order valence-corrected chi connectivity index (χ1v) is 7.42. The SMILES string of the molecule is CCOc1cc(CNc2ccc(OC)cc2)cc(Cl)c1OC. The molecule has 2 aromatic rings. The van der Waals surface area contributed by atoms with Crippen molar-refractivity contribution in [3.63, 3.8) is 0 Å². The molecule has 2 rings (SSSR count). The van der Waals surface area contributed by atoms with Crippen LogP contribution in [0.25, 0.3) is 0 Å². The highest BCUT2D eigenvalue weighted by molar-refractivity contribution is 6.32. The fourth-order valence-electron chi connectivity index (χ4n) is 2.10. The van der Waals surface area contributed by atoms with Crippen LogP contribution in [-0.2, 0) is 6.54 Å². The molecule has 0 bridgehead atoms. The van der Waals surface area contributed by atoms with Crippen molar-refractivity contribution in [2.45, 2.75) is 13.5 Å². The lowest BCUT2D eigenvalue weighted by Gasteiger charge is -2.14. The third-order valence-corrected chi connectivity index (χ3v) is 3.44. The van der Waals surface area contributed by atoms with E-state index in [9.17, 15) is 0 Å². The Morgan fingerprint density at radius 3 is 2.36 bits per heavy atom. The topological polar surface area (TPSA) is 39.7 Å². The second-order valence-electron chi connectivity index (χ2n) is 4.62. The first-order valence-electron chi connectivity index (χ1n) is 7.05. The molecule has 2 aromatic carbocycles. The largest absolute Gasteiger partial charge is 0.497 e. The summed E-state index contributed by atoms with van der Waals surface area (Å²) in [7, 11) is 3.23. The maximum Gasteiger partial charge on any atom is 0.179 e. The summed E-state index contributed by atoms with van der Waals surface area (Å²) in [5, 5.41) is 3.88. The minimum absolute atomic E-state index is 0.542. The zero-order valence-corrected chi connectivity index (χ0v) is 13.7. The van der Waals surface area contributed by atoms with Gasteiger partial charge in [-0.05, 0) is 48.9 Å². The maximum atomic E-state index is 6.24. The van der Waals surface area contributed by atoms with E-state index >= 15 is 0 Å². The van der Waals surface area contributed by atoms with Gasteiger partial charge in [0, 0.05) is 12.2 Å². The molecule has 0 radical (unpaired) electrons. The number of rotatable bonds is 7. The van der Waals surface area contributed by atoms with E-state index in [-0.39, 0.29) is 0 Å². The molecule has 0 atom stereocenters. The molecule has 0 aliphatic carbocycles. The molecule has 0 saturated carbocycles. The molecule has 118 valence electrons. The summed E-state index contributed by atoms with van der Waals surface area (Å²) in [4.78, 5) is 0. The van der Waals surface area contributed by atoms with Crippen LogP contribution in [0.15, 0.2) is 36.4 Å². The van der Waals surface area contributed by atoms with E-state index < -0.39 is 0 Å². The highest BCUT2D eigenvalue weighted by atomic mass is 35.5. The highest BCUT2D eigenvalue weighted by Gasteiger charge is 2.11. The van der Waals surface area contributed by atoms with Crippen molar-refractivity contribution in [1.29, 1.82) is 0 Å². The molecule has 0 fully saturated rings. The Bertz CT molecular complexity index is 614. The van der Waals surface area contributed by atoms with E-state index in [0.717, 1.165) is 17.0 Å². The molecule has 0 aromatic heterocycles. The zero-order chi connectivity index (χ0) is 15.9. The van der Waals surface area contributed by atoms with Gasteiger partial charge < -0.3 is 19.5 Å². The Morgan fingerprint density at radius 2 is 1.77 bits per heavy atom. The first kappa shape index (κ1) is 16.3. The molecule has 0 heterocycles. The maximum absolute atomic E-state index is 6.24. The Labute approximate surface area is 136 Å². The van der Waals surface area contributed by atoms with Crippen LogP contribution in [0.1, 0.15) is 12.5 Å². The fraction of sp³-hybridized carbons (Fsp3) is 0.294. The normalized spacial score (nSPS) is 10.2. The van der Waals surface area contributed by atoms with Crippen molar-refractivity contribution in [2.24, 2.45) is 0 Å². The summed E-state index contributed by atoms with van der Waals surface area (Å²) in [5.74, 6) is 2.05. The number of nitrogens with one attached hydrogen (secondary N) is 1. The van der Waals surface area contributed by atoms with E-state index in [4.69, 9.17) is 25.8 Å². The van der Waals surface area contributed by atoms with Gasteiger partial charge in [-0.2, -0.15) is 0 Å². The van der Waals surface area contributed by atoms with Crippen LogP contribution in [0.4, 0.5) is 5.69 Å². The predicted molar refractivity (Wildman–Crippen MR) is 89.5 cm³/mol. The van der Waals surface area contributed by atoms with Gasteiger partial charge in [-0.25, -0.2) is 0 Å².